The van der Waals surface area contributed by atoms with E-state index in [0.29, 0.717) is 13.0 Å². The molecule has 5 heteroatoms. The zero-order valence-electron chi connectivity index (χ0n) is 14.8. The molecule has 134 valence electrons. The molecule has 0 saturated heterocycles. The van der Waals surface area contributed by atoms with Crippen LogP contribution in [0.15, 0.2) is 23.8 Å². The number of carbonyl (C=O) groups excluding carboxylic acids is 2. The number of hydrogen-bond acceptors (Lipinski definition) is 3. The summed E-state index contributed by atoms with van der Waals surface area (Å²) in [5.74, 6) is 0.0745. The minimum absolute atomic E-state index is 0.0271. The number of hydrogen-bond donors (Lipinski definition) is 3. The Labute approximate surface area is 149 Å². The average Bonchev–Trinajstić information content (AvgIpc) is 3.03. The molecule has 0 heterocycles. The largest absolute Gasteiger partial charge is 0.353 e. The van der Waals surface area contributed by atoms with Crippen LogP contribution in [0, 0.1) is 6.92 Å². The fourth-order valence-electron chi connectivity index (χ4n) is 3.77. The number of benzene rings is 1. The molecule has 0 aliphatic heterocycles. The van der Waals surface area contributed by atoms with Crippen molar-refractivity contribution in [3.05, 3.63) is 40.5 Å². The molecule has 0 radical (unpaired) electrons. The van der Waals surface area contributed by atoms with Crippen molar-refractivity contribution in [1.29, 1.82) is 0 Å². The van der Waals surface area contributed by atoms with E-state index in [2.05, 4.69) is 29.7 Å². The third-order valence-electron chi connectivity index (χ3n) is 5.23. The maximum Gasteiger partial charge on any atom is 0.247 e. The molecule has 0 bridgehead atoms. The number of aryl methyl sites for hydroxylation is 1. The molecule has 0 aromatic heterocycles. The third kappa shape index (κ3) is 4.28. The number of fused-ring (bicyclic) bond motifs is 1. The molecule has 1 aromatic rings. The molecule has 1 fully saturated rings. The van der Waals surface area contributed by atoms with Gasteiger partial charge in [0.1, 0.15) is 0 Å². The Morgan fingerprint density at radius 1 is 1.12 bits per heavy atom. The lowest BCUT2D eigenvalue weighted by molar-refractivity contribution is -0.122. The Hall–Kier alpha value is -2.14. The Balaban J connectivity index is 1.48. The van der Waals surface area contributed by atoms with E-state index in [1.807, 2.05) is 12.1 Å². The van der Waals surface area contributed by atoms with Crippen molar-refractivity contribution in [3.63, 3.8) is 0 Å². The van der Waals surface area contributed by atoms with Gasteiger partial charge in [-0.1, -0.05) is 18.2 Å². The predicted molar refractivity (Wildman–Crippen MR) is 98.9 cm³/mol. The van der Waals surface area contributed by atoms with E-state index in [1.54, 1.807) is 0 Å². The van der Waals surface area contributed by atoms with Crippen molar-refractivity contribution in [2.24, 2.45) is 5.73 Å². The van der Waals surface area contributed by atoms with Gasteiger partial charge in [-0.2, -0.15) is 0 Å². The molecular formula is C20H27N3O2. The van der Waals surface area contributed by atoms with E-state index >= 15 is 0 Å². The Morgan fingerprint density at radius 3 is 2.44 bits per heavy atom. The molecule has 2 aliphatic carbocycles. The van der Waals surface area contributed by atoms with Crippen LogP contribution in [0.1, 0.15) is 48.8 Å². The lowest BCUT2D eigenvalue weighted by atomic mass is 9.90. The number of nitrogens with two attached hydrogens (primary N) is 1. The predicted octanol–water partition coefficient (Wildman–Crippen LogP) is 1.83. The van der Waals surface area contributed by atoms with Gasteiger partial charge in [0.2, 0.25) is 11.8 Å². The fraction of sp³-hybridized carbons (Fsp3) is 0.500. The molecule has 4 N–H and O–H groups in total. The summed E-state index contributed by atoms with van der Waals surface area (Å²) in [5, 5.41) is 6.20. The van der Waals surface area contributed by atoms with Gasteiger partial charge in [0.25, 0.3) is 0 Å². The van der Waals surface area contributed by atoms with Crippen molar-refractivity contribution in [2.45, 2.75) is 57.5 Å². The highest BCUT2D eigenvalue weighted by atomic mass is 16.2. The van der Waals surface area contributed by atoms with Gasteiger partial charge in [-0.3, -0.25) is 9.59 Å². The van der Waals surface area contributed by atoms with Gasteiger partial charge in [0.05, 0.1) is 0 Å². The van der Waals surface area contributed by atoms with Crippen LogP contribution in [-0.2, 0) is 16.0 Å². The lowest BCUT2D eigenvalue weighted by Crippen LogP contribution is -2.44. The number of amides is 2. The SMILES string of the molecule is Cc1cccc2c1CC(C(=O)NC1CCC(NC(=O)CCN)CC1)=C2. The molecule has 3 rings (SSSR count). The van der Waals surface area contributed by atoms with Crippen molar-refractivity contribution in [2.75, 3.05) is 6.54 Å². The summed E-state index contributed by atoms with van der Waals surface area (Å²) in [6.45, 7) is 2.47. The van der Waals surface area contributed by atoms with Crippen LogP contribution < -0.4 is 16.4 Å². The summed E-state index contributed by atoms with van der Waals surface area (Å²) in [4.78, 5) is 24.2. The Bertz CT molecular complexity index is 688. The highest BCUT2D eigenvalue weighted by Crippen LogP contribution is 2.28. The monoisotopic (exact) mass is 341 g/mol. The van der Waals surface area contributed by atoms with Crippen molar-refractivity contribution in [3.8, 4) is 0 Å². The number of carbonyl (C=O) groups is 2. The smallest absolute Gasteiger partial charge is 0.247 e. The van der Waals surface area contributed by atoms with E-state index in [-0.39, 0.29) is 23.9 Å². The summed E-state index contributed by atoms with van der Waals surface area (Å²) >= 11 is 0. The first kappa shape index (κ1) is 17.7. The minimum atomic E-state index is 0.0271. The molecule has 25 heavy (non-hydrogen) atoms. The van der Waals surface area contributed by atoms with Crippen LogP contribution >= 0.6 is 0 Å². The van der Waals surface area contributed by atoms with E-state index in [4.69, 9.17) is 5.73 Å². The summed E-state index contributed by atoms with van der Waals surface area (Å²) in [7, 11) is 0. The summed E-state index contributed by atoms with van der Waals surface area (Å²) in [5.41, 5.74) is 9.92. The highest BCUT2D eigenvalue weighted by Gasteiger charge is 2.26. The second-order valence-electron chi connectivity index (χ2n) is 7.12. The second kappa shape index (κ2) is 7.83. The Morgan fingerprint density at radius 2 is 1.80 bits per heavy atom. The van der Waals surface area contributed by atoms with E-state index in [0.717, 1.165) is 43.2 Å². The van der Waals surface area contributed by atoms with Gasteiger partial charge < -0.3 is 16.4 Å². The first-order chi connectivity index (χ1) is 12.1. The summed E-state index contributed by atoms with van der Waals surface area (Å²) < 4.78 is 0. The molecule has 0 unspecified atom stereocenters. The minimum Gasteiger partial charge on any atom is -0.353 e. The van der Waals surface area contributed by atoms with Gasteiger partial charge in [-0.15, -0.1) is 0 Å². The van der Waals surface area contributed by atoms with Crippen LogP contribution in [-0.4, -0.2) is 30.4 Å². The van der Waals surface area contributed by atoms with E-state index < -0.39 is 0 Å². The maximum atomic E-state index is 12.6. The first-order valence-electron chi connectivity index (χ1n) is 9.16. The molecule has 0 atom stereocenters. The van der Waals surface area contributed by atoms with Crippen molar-refractivity contribution >= 4 is 17.9 Å². The zero-order valence-corrected chi connectivity index (χ0v) is 14.8. The van der Waals surface area contributed by atoms with Gasteiger partial charge in [-0.25, -0.2) is 0 Å². The van der Waals surface area contributed by atoms with E-state index in [1.165, 1.54) is 11.1 Å². The van der Waals surface area contributed by atoms with Gasteiger partial charge >= 0.3 is 0 Å². The molecule has 2 aliphatic rings. The van der Waals surface area contributed by atoms with Crippen LogP contribution in [0.2, 0.25) is 0 Å². The van der Waals surface area contributed by atoms with Crippen LogP contribution in [0.3, 0.4) is 0 Å². The third-order valence-corrected chi connectivity index (χ3v) is 5.23. The number of rotatable bonds is 5. The van der Waals surface area contributed by atoms with Gasteiger partial charge in [0, 0.05) is 37.0 Å². The normalized spacial score (nSPS) is 22.1. The second-order valence-corrected chi connectivity index (χ2v) is 7.12. The molecule has 0 spiro atoms. The van der Waals surface area contributed by atoms with Crippen LogP contribution in [0.25, 0.3) is 6.08 Å². The Kier molecular flexibility index (Phi) is 5.53. The summed E-state index contributed by atoms with van der Waals surface area (Å²) in [6.07, 6.45) is 6.72. The fourth-order valence-corrected chi connectivity index (χ4v) is 3.77. The average molecular weight is 341 g/mol. The van der Waals surface area contributed by atoms with E-state index in [9.17, 15) is 9.59 Å². The maximum absolute atomic E-state index is 12.6. The molecule has 1 saturated carbocycles. The first-order valence-corrected chi connectivity index (χ1v) is 9.16. The molecular weight excluding hydrogens is 314 g/mol. The molecule has 2 amide bonds. The lowest BCUT2D eigenvalue weighted by Gasteiger charge is -2.29. The van der Waals surface area contributed by atoms with Crippen LogP contribution in [0.5, 0.6) is 0 Å². The quantitative estimate of drug-likeness (QED) is 0.764. The van der Waals surface area contributed by atoms with Crippen molar-refractivity contribution in [1.82, 2.24) is 10.6 Å². The van der Waals surface area contributed by atoms with Crippen molar-refractivity contribution < 1.29 is 9.59 Å². The summed E-state index contributed by atoms with van der Waals surface area (Å²) in [6, 6.07) is 6.60. The number of nitrogens with one attached hydrogen (secondary N) is 2. The van der Waals surface area contributed by atoms with Gasteiger partial charge in [-0.05, 0) is 55.4 Å². The topological polar surface area (TPSA) is 84.2 Å². The molecule has 5 nitrogen and oxygen atoms in total. The molecule has 1 aromatic carbocycles. The van der Waals surface area contributed by atoms with Crippen LogP contribution in [0.4, 0.5) is 0 Å². The highest BCUT2D eigenvalue weighted by molar-refractivity contribution is 6.00. The van der Waals surface area contributed by atoms with Gasteiger partial charge in [0.15, 0.2) is 0 Å². The zero-order chi connectivity index (χ0) is 17.8. The standard InChI is InChI=1S/C20H27N3O2/c1-13-3-2-4-14-11-15(12-18(13)14)20(25)23-17-7-5-16(6-8-17)22-19(24)9-10-21/h2-4,11,16-17H,5-10,12,21H2,1H3,(H,22,24)(H,23,25).